The Morgan fingerprint density at radius 1 is 1.26 bits per heavy atom. The topological polar surface area (TPSA) is 71.5 Å². The number of nitrogens with zero attached hydrogens (tertiary/aromatic N) is 2. The molecule has 1 aromatic heterocycles. The molecule has 0 bridgehead atoms. The third-order valence-corrected chi connectivity index (χ3v) is 6.12. The Kier molecular flexibility index (Phi) is 6.32. The van der Waals surface area contributed by atoms with Crippen molar-refractivity contribution in [2.45, 2.75) is 32.7 Å². The number of fused-ring (bicyclic) bond motifs is 1. The summed E-state index contributed by atoms with van der Waals surface area (Å²) >= 11 is 1.61. The zero-order valence-electron chi connectivity index (χ0n) is 17.6. The SMILES string of the molecule is CCC(C)NC(=O)CN1C(=O)COc2ccc(-c3csc(Cc4ccccc4)n3)cc21. The van der Waals surface area contributed by atoms with E-state index < -0.39 is 0 Å². The molecule has 0 fully saturated rings. The summed E-state index contributed by atoms with van der Waals surface area (Å²) in [6, 6.07) is 15.9. The highest BCUT2D eigenvalue weighted by Crippen LogP contribution is 2.36. The van der Waals surface area contributed by atoms with Crippen molar-refractivity contribution in [3.05, 3.63) is 64.5 Å². The number of amides is 2. The second-order valence-electron chi connectivity index (χ2n) is 7.62. The maximum Gasteiger partial charge on any atom is 0.265 e. The Labute approximate surface area is 185 Å². The van der Waals surface area contributed by atoms with Gasteiger partial charge >= 0.3 is 0 Å². The van der Waals surface area contributed by atoms with Gasteiger partial charge in [0.25, 0.3) is 5.91 Å². The van der Waals surface area contributed by atoms with E-state index in [0.29, 0.717) is 11.4 Å². The molecule has 0 saturated heterocycles. The molecule has 31 heavy (non-hydrogen) atoms. The van der Waals surface area contributed by atoms with Crippen LogP contribution in [0.3, 0.4) is 0 Å². The van der Waals surface area contributed by atoms with Gasteiger partial charge in [0.05, 0.1) is 16.4 Å². The van der Waals surface area contributed by atoms with Crippen LogP contribution in [-0.4, -0.2) is 36.0 Å². The highest BCUT2D eigenvalue weighted by atomic mass is 32.1. The minimum absolute atomic E-state index is 0.0285. The van der Waals surface area contributed by atoms with Gasteiger partial charge in [0, 0.05) is 23.4 Å². The van der Waals surface area contributed by atoms with E-state index in [-0.39, 0.29) is 31.0 Å². The van der Waals surface area contributed by atoms with Crippen LogP contribution in [0.5, 0.6) is 5.75 Å². The molecule has 0 saturated carbocycles. The van der Waals surface area contributed by atoms with Crippen LogP contribution in [-0.2, 0) is 16.0 Å². The first-order valence-electron chi connectivity index (χ1n) is 10.4. The summed E-state index contributed by atoms with van der Waals surface area (Å²) in [6.07, 6.45) is 1.61. The summed E-state index contributed by atoms with van der Waals surface area (Å²) < 4.78 is 5.58. The van der Waals surface area contributed by atoms with Crippen molar-refractivity contribution in [1.82, 2.24) is 10.3 Å². The van der Waals surface area contributed by atoms with Crippen LogP contribution in [0, 0.1) is 0 Å². The maximum atomic E-state index is 12.5. The Bertz CT molecular complexity index is 1080. The predicted molar refractivity (Wildman–Crippen MR) is 123 cm³/mol. The number of hydrogen-bond acceptors (Lipinski definition) is 5. The fourth-order valence-corrected chi connectivity index (χ4v) is 4.23. The van der Waals surface area contributed by atoms with Gasteiger partial charge in [-0.3, -0.25) is 14.5 Å². The van der Waals surface area contributed by atoms with Gasteiger partial charge in [0.2, 0.25) is 5.91 Å². The van der Waals surface area contributed by atoms with E-state index in [1.807, 2.05) is 55.6 Å². The van der Waals surface area contributed by atoms with Crippen LogP contribution in [0.4, 0.5) is 5.69 Å². The number of carbonyl (C=O) groups is 2. The zero-order chi connectivity index (χ0) is 21.8. The molecule has 160 valence electrons. The Morgan fingerprint density at radius 3 is 2.84 bits per heavy atom. The van der Waals surface area contributed by atoms with Crippen molar-refractivity contribution in [3.63, 3.8) is 0 Å². The molecular formula is C24H25N3O3S. The molecule has 1 aliphatic rings. The summed E-state index contributed by atoms with van der Waals surface area (Å²) in [4.78, 5) is 31.2. The Balaban J connectivity index is 1.56. The summed E-state index contributed by atoms with van der Waals surface area (Å²) in [5.41, 5.74) is 3.55. The number of anilines is 1. The maximum absolute atomic E-state index is 12.5. The number of rotatable bonds is 7. The van der Waals surface area contributed by atoms with Crippen molar-refractivity contribution in [2.24, 2.45) is 0 Å². The van der Waals surface area contributed by atoms with E-state index in [1.54, 1.807) is 11.3 Å². The van der Waals surface area contributed by atoms with Crippen LogP contribution < -0.4 is 15.0 Å². The first kappa shape index (κ1) is 21.1. The largest absolute Gasteiger partial charge is 0.482 e. The van der Waals surface area contributed by atoms with E-state index in [9.17, 15) is 9.59 Å². The minimum Gasteiger partial charge on any atom is -0.482 e. The first-order chi connectivity index (χ1) is 15.0. The standard InChI is InChI=1S/C24H25N3O3S/c1-3-16(2)25-22(28)13-27-20-12-18(9-10-21(20)30-14-24(27)29)19-15-31-23(26-19)11-17-7-5-4-6-8-17/h4-10,12,15-16H,3,11,13-14H2,1-2H3,(H,25,28). The van der Waals surface area contributed by atoms with Gasteiger partial charge in [-0.2, -0.15) is 0 Å². The fourth-order valence-electron chi connectivity index (χ4n) is 3.40. The highest BCUT2D eigenvalue weighted by Gasteiger charge is 2.28. The molecule has 0 spiro atoms. The van der Waals surface area contributed by atoms with Crippen molar-refractivity contribution in [2.75, 3.05) is 18.1 Å². The molecule has 1 atom stereocenters. The number of ether oxygens (including phenoxy) is 1. The first-order valence-corrected chi connectivity index (χ1v) is 11.3. The molecule has 2 amide bonds. The predicted octanol–water partition coefficient (Wildman–Crippen LogP) is 4.04. The van der Waals surface area contributed by atoms with Gasteiger partial charge < -0.3 is 10.1 Å². The van der Waals surface area contributed by atoms with Crippen molar-refractivity contribution >= 4 is 28.8 Å². The lowest BCUT2D eigenvalue weighted by molar-refractivity contribution is -0.125. The van der Waals surface area contributed by atoms with E-state index in [2.05, 4.69) is 17.4 Å². The number of hydrogen-bond donors (Lipinski definition) is 1. The fraction of sp³-hybridized carbons (Fsp3) is 0.292. The number of aromatic nitrogens is 1. The number of carbonyl (C=O) groups excluding carboxylic acids is 2. The molecule has 0 radical (unpaired) electrons. The Morgan fingerprint density at radius 2 is 2.06 bits per heavy atom. The van der Waals surface area contributed by atoms with E-state index in [0.717, 1.165) is 29.1 Å². The lowest BCUT2D eigenvalue weighted by atomic mass is 10.1. The molecule has 3 aromatic rings. The zero-order valence-corrected chi connectivity index (χ0v) is 18.4. The van der Waals surface area contributed by atoms with Gasteiger partial charge in [0.15, 0.2) is 6.61 Å². The molecule has 1 unspecified atom stereocenters. The Hall–Kier alpha value is -3.19. The van der Waals surface area contributed by atoms with Gasteiger partial charge in [-0.25, -0.2) is 4.98 Å². The summed E-state index contributed by atoms with van der Waals surface area (Å²) in [7, 11) is 0. The van der Waals surface area contributed by atoms with Crippen molar-refractivity contribution in [1.29, 1.82) is 0 Å². The smallest absolute Gasteiger partial charge is 0.265 e. The van der Waals surface area contributed by atoms with E-state index in [4.69, 9.17) is 9.72 Å². The summed E-state index contributed by atoms with van der Waals surface area (Å²) in [6.45, 7) is 3.85. The molecule has 6 nitrogen and oxygen atoms in total. The van der Waals surface area contributed by atoms with Crippen LogP contribution in [0.25, 0.3) is 11.3 Å². The van der Waals surface area contributed by atoms with Crippen molar-refractivity contribution < 1.29 is 14.3 Å². The number of benzene rings is 2. The van der Waals surface area contributed by atoms with Gasteiger partial charge in [-0.1, -0.05) is 37.3 Å². The average Bonchev–Trinajstić information content (AvgIpc) is 3.24. The van der Waals surface area contributed by atoms with Crippen LogP contribution >= 0.6 is 11.3 Å². The second-order valence-corrected chi connectivity index (χ2v) is 8.56. The molecule has 4 rings (SSSR count). The minimum atomic E-state index is -0.230. The normalized spacial score (nSPS) is 14.0. The summed E-state index contributed by atoms with van der Waals surface area (Å²) in [5, 5.41) is 5.96. The van der Waals surface area contributed by atoms with Gasteiger partial charge in [0.1, 0.15) is 12.3 Å². The molecular weight excluding hydrogens is 410 g/mol. The van der Waals surface area contributed by atoms with Crippen molar-refractivity contribution in [3.8, 4) is 17.0 Å². The molecule has 1 N–H and O–H groups in total. The quantitative estimate of drug-likeness (QED) is 0.608. The van der Waals surface area contributed by atoms with E-state index >= 15 is 0 Å². The number of thiazole rings is 1. The third kappa shape index (κ3) is 4.94. The van der Waals surface area contributed by atoms with Crippen LogP contribution in [0.2, 0.25) is 0 Å². The lowest BCUT2D eigenvalue weighted by Gasteiger charge is -2.29. The summed E-state index contributed by atoms with van der Waals surface area (Å²) in [5.74, 6) is 0.186. The molecule has 2 heterocycles. The molecule has 1 aliphatic heterocycles. The lowest BCUT2D eigenvalue weighted by Crippen LogP contribution is -2.46. The molecule has 7 heteroatoms. The molecule has 0 aliphatic carbocycles. The third-order valence-electron chi connectivity index (χ3n) is 5.27. The van der Waals surface area contributed by atoms with Gasteiger partial charge in [-0.05, 0) is 37.1 Å². The van der Waals surface area contributed by atoms with Gasteiger partial charge in [-0.15, -0.1) is 11.3 Å². The number of nitrogens with one attached hydrogen (secondary N) is 1. The molecule has 2 aromatic carbocycles. The van der Waals surface area contributed by atoms with Crippen LogP contribution in [0.15, 0.2) is 53.9 Å². The monoisotopic (exact) mass is 435 g/mol. The second kappa shape index (κ2) is 9.31. The average molecular weight is 436 g/mol. The van der Waals surface area contributed by atoms with Crippen LogP contribution in [0.1, 0.15) is 30.8 Å². The van der Waals surface area contributed by atoms with E-state index in [1.165, 1.54) is 10.5 Å². The highest BCUT2D eigenvalue weighted by molar-refractivity contribution is 7.10.